The van der Waals surface area contributed by atoms with Gasteiger partial charge in [0.1, 0.15) is 13.2 Å². The van der Waals surface area contributed by atoms with Gasteiger partial charge in [0.2, 0.25) is 0 Å². The van der Waals surface area contributed by atoms with E-state index in [1.54, 1.807) is 0 Å². The first kappa shape index (κ1) is 58.8. The van der Waals surface area contributed by atoms with Crippen molar-refractivity contribution in [2.45, 2.75) is 207 Å². The Kier molecular flexibility index (Phi) is 47.1. The maximum absolute atomic E-state index is 12.8. The fourth-order valence-electron chi connectivity index (χ4n) is 6.23. The molecule has 0 aromatic carbocycles. The zero-order valence-electron chi connectivity index (χ0n) is 40.3. The van der Waals surface area contributed by atoms with Crippen LogP contribution in [0.4, 0.5) is 0 Å². The van der Waals surface area contributed by atoms with Gasteiger partial charge < -0.3 is 14.2 Å². The third-order valence-electron chi connectivity index (χ3n) is 9.91. The van der Waals surface area contributed by atoms with E-state index >= 15 is 0 Å². The van der Waals surface area contributed by atoms with Crippen LogP contribution in [0.1, 0.15) is 201 Å². The van der Waals surface area contributed by atoms with Crippen LogP contribution in [0.25, 0.3) is 0 Å². The van der Waals surface area contributed by atoms with Crippen molar-refractivity contribution < 1.29 is 28.6 Å². The molecule has 0 aliphatic heterocycles. The molecule has 0 fully saturated rings. The second-order valence-corrected chi connectivity index (χ2v) is 16.0. The summed E-state index contributed by atoms with van der Waals surface area (Å²) in [6.07, 6.45) is 69.0. The van der Waals surface area contributed by atoms with Crippen molar-refractivity contribution in [3.8, 4) is 0 Å². The lowest BCUT2D eigenvalue weighted by Gasteiger charge is -2.18. The van der Waals surface area contributed by atoms with Gasteiger partial charge in [-0.25, -0.2) is 0 Å². The van der Waals surface area contributed by atoms with Gasteiger partial charge in [-0.15, -0.1) is 0 Å². The number of carbonyl (C=O) groups excluding carboxylic acids is 3. The highest BCUT2D eigenvalue weighted by Crippen LogP contribution is 2.12. The molecule has 1 unspecified atom stereocenters. The first-order valence-electron chi connectivity index (χ1n) is 25.0. The quantitative estimate of drug-likeness (QED) is 0.0263. The minimum atomic E-state index is -0.819. The van der Waals surface area contributed by atoms with Gasteiger partial charge in [-0.3, -0.25) is 14.4 Å². The first-order chi connectivity index (χ1) is 31.0. The Bertz CT molecular complexity index is 1370. The van der Waals surface area contributed by atoms with Crippen LogP contribution in [0.15, 0.2) is 122 Å². The zero-order chi connectivity index (χ0) is 45.8. The number of hydrogen-bond acceptors (Lipinski definition) is 6. The molecule has 6 heteroatoms. The molecule has 354 valence electrons. The molecular weight excluding hydrogens is 781 g/mol. The lowest BCUT2D eigenvalue weighted by atomic mass is 10.1. The molecule has 0 aromatic heterocycles. The normalized spacial score (nSPS) is 13.1. The van der Waals surface area contributed by atoms with Gasteiger partial charge in [0.25, 0.3) is 0 Å². The molecule has 0 heterocycles. The molecule has 0 saturated carbocycles. The van der Waals surface area contributed by atoms with Crippen LogP contribution in [-0.4, -0.2) is 37.2 Å². The van der Waals surface area contributed by atoms with Crippen molar-refractivity contribution in [2.24, 2.45) is 0 Å². The number of carbonyl (C=O) groups is 3. The third-order valence-corrected chi connectivity index (χ3v) is 9.91. The smallest absolute Gasteiger partial charge is 0.306 e. The van der Waals surface area contributed by atoms with Crippen LogP contribution in [-0.2, 0) is 28.6 Å². The Hall–Kier alpha value is -4.19. The molecular formula is C57H90O6. The van der Waals surface area contributed by atoms with Crippen molar-refractivity contribution in [1.29, 1.82) is 0 Å². The van der Waals surface area contributed by atoms with Crippen molar-refractivity contribution in [1.82, 2.24) is 0 Å². The van der Waals surface area contributed by atoms with E-state index in [2.05, 4.69) is 142 Å². The molecule has 0 aromatic rings. The van der Waals surface area contributed by atoms with Gasteiger partial charge >= 0.3 is 17.9 Å². The lowest BCUT2D eigenvalue weighted by molar-refractivity contribution is -0.167. The summed E-state index contributed by atoms with van der Waals surface area (Å²) in [6, 6.07) is 0. The highest BCUT2D eigenvalue weighted by Gasteiger charge is 2.19. The van der Waals surface area contributed by atoms with E-state index in [0.29, 0.717) is 12.8 Å². The van der Waals surface area contributed by atoms with E-state index < -0.39 is 6.10 Å². The predicted molar refractivity (Wildman–Crippen MR) is 269 cm³/mol. The second kappa shape index (κ2) is 50.5. The largest absolute Gasteiger partial charge is 0.462 e. The number of hydrogen-bond donors (Lipinski definition) is 0. The minimum Gasteiger partial charge on any atom is -0.462 e. The molecule has 0 radical (unpaired) electrons. The Morgan fingerprint density at radius 1 is 0.333 bits per heavy atom. The number of rotatable bonds is 43. The number of esters is 3. The molecule has 6 nitrogen and oxygen atoms in total. The molecule has 0 aliphatic carbocycles. The molecule has 0 saturated heterocycles. The van der Waals surface area contributed by atoms with E-state index in [1.807, 2.05) is 0 Å². The van der Waals surface area contributed by atoms with Gasteiger partial charge in [0.05, 0.1) is 0 Å². The number of ether oxygens (including phenoxy) is 3. The van der Waals surface area contributed by atoms with Gasteiger partial charge in [0, 0.05) is 19.3 Å². The van der Waals surface area contributed by atoms with E-state index in [9.17, 15) is 14.4 Å². The van der Waals surface area contributed by atoms with Crippen molar-refractivity contribution in [3.63, 3.8) is 0 Å². The molecule has 0 spiro atoms. The average Bonchev–Trinajstić information content (AvgIpc) is 3.28. The Labute approximate surface area is 386 Å². The summed E-state index contributed by atoms with van der Waals surface area (Å²) in [4.78, 5) is 37.9. The maximum Gasteiger partial charge on any atom is 0.306 e. The van der Waals surface area contributed by atoms with E-state index in [1.165, 1.54) is 6.42 Å². The third kappa shape index (κ3) is 48.7. The van der Waals surface area contributed by atoms with E-state index in [-0.39, 0.29) is 44.0 Å². The summed E-state index contributed by atoms with van der Waals surface area (Å²) in [7, 11) is 0. The van der Waals surface area contributed by atoms with Gasteiger partial charge in [-0.1, -0.05) is 187 Å². The van der Waals surface area contributed by atoms with Crippen LogP contribution < -0.4 is 0 Å². The zero-order valence-corrected chi connectivity index (χ0v) is 40.3. The highest BCUT2D eigenvalue weighted by atomic mass is 16.6. The molecule has 0 amide bonds. The van der Waals surface area contributed by atoms with Gasteiger partial charge in [-0.2, -0.15) is 0 Å². The van der Waals surface area contributed by atoms with Crippen LogP contribution in [0.5, 0.6) is 0 Å². The van der Waals surface area contributed by atoms with Gasteiger partial charge in [-0.05, 0) is 116 Å². The summed E-state index contributed by atoms with van der Waals surface area (Å²) in [5.74, 6) is -1.01. The fraction of sp³-hybridized carbons (Fsp3) is 0.596. The summed E-state index contributed by atoms with van der Waals surface area (Å²) in [5, 5.41) is 0. The minimum absolute atomic E-state index is 0.114. The molecule has 0 bridgehead atoms. The average molecular weight is 871 g/mol. The maximum atomic E-state index is 12.8. The molecule has 0 N–H and O–H groups in total. The second-order valence-electron chi connectivity index (χ2n) is 16.0. The molecule has 0 rings (SSSR count). The summed E-state index contributed by atoms with van der Waals surface area (Å²) < 4.78 is 16.7. The monoisotopic (exact) mass is 871 g/mol. The summed E-state index contributed by atoms with van der Waals surface area (Å²) >= 11 is 0. The fourth-order valence-corrected chi connectivity index (χ4v) is 6.23. The van der Waals surface area contributed by atoms with Crippen LogP contribution in [0, 0.1) is 0 Å². The standard InChI is InChI=1S/C57H90O6/c1-4-7-10-13-16-19-22-25-27-28-30-32-35-38-41-44-47-50-56(59)62-53-54(52-61-55(58)49-46-43-40-37-34-31-24-21-18-15-12-9-6-3)63-57(60)51-48-45-42-39-36-33-29-26-23-20-17-14-11-8-5-2/h7-8,10-12,15-17,19-21,24-27,29-30,32,38,41,54H,4-6,9,13-14,18,22-23,28,31,33-37,39-40,42-53H2,1-3H3/b10-7-,11-8-,15-12-,19-16-,20-17-,24-21-,27-25-,29-26-,32-30-,41-38-. The number of allylic oxidation sites excluding steroid dienone is 20. The SMILES string of the molecule is CC/C=C\C/C=C\C/C=C\C/C=C\C/C=C\CCCC(=O)OCC(COC(=O)CCCCCCC/C=C\C/C=C\CCC)OC(=O)CCCCCCC/C=C\C/C=C\C/C=C\CC. The Balaban J connectivity index is 4.55. The topological polar surface area (TPSA) is 78.9 Å². The van der Waals surface area contributed by atoms with Gasteiger partial charge in [0.15, 0.2) is 6.10 Å². The van der Waals surface area contributed by atoms with E-state index in [0.717, 1.165) is 148 Å². The van der Waals surface area contributed by atoms with Crippen molar-refractivity contribution >= 4 is 17.9 Å². The number of unbranched alkanes of at least 4 members (excludes halogenated alkanes) is 12. The molecule has 0 aliphatic rings. The van der Waals surface area contributed by atoms with E-state index in [4.69, 9.17) is 14.2 Å². The summed E-state index contributed by atoms with van der Waals surface area (Å²) in [5.41, 5.74) is 0. The van der Waals surface area contributed by atoms with Crippen molar-refractivity contribution in [2.75, 3.05) is 13.2 Å². The van der Waals surface area contributed by atoms with Crippen LogP contribution in [0.3, 0.4) is 0 Å². The van der Waals surface area contributed by atoms with Crippen LogP contribution in [0.2, 0.25) is 0 Å². The van der Waals surface area contributed by atoms with Crippen molar-refractivity contribution in [3.05, 3.63) is 122 Å². The molecule has 63 heavy (non-hydrogen) atoms. The Morgan fingerprint density at radius 2 is 0.635 bits per heavy atom. The summed E-state index contributed by atoms with van der Waals surface area (Å²) in [6.45, 7) is 6.25. The lowest BCUT2D eigenvalue weighted by Crippen LogP contribution is -2.30. The Morgan fingerprint density at radius 3 is 1.03 bits per heavy atom. The first-order valence-corrected chi connectivity index (χ1v) is 25.0. The highest BCUT2D eigenvalue weighted by molar-refractivity contribution is 5.71. The van der Waals surface area contributed by atoms with Crippen LogP contribution >= 0.6 is 0 Å². The predicted octanol–water partition coefficient (Wildman–Crippen LogP) is 16.5. The molecule has 1 atom stereocenters.